The fraction of sp³-hybridized carbons (Fsp3) is 0.467. The number of esters is 2. The summed E-state index contributed by atoms with van der Waals surface area (Å²) in [5.41, 5.74) is -0.0801. The van der Waals surface area contributed by atoms with Crippen LogP contribution in [0.25, 0.3) is 0 Å². The highest BCUT2D eigenvalue weighted by molar-refractivity contribution is 5.90. The Hall–Kier alpha value is -3.88. The van der Waals surface area contributed by atoms with Crippen molar-refractivity contribution in [1.82, 2.24) is 10.2 Å². The van der Waals surface area contributed by atoms with Crippen LogP contribution in [0.15, 0.2) is 60.7 Å². The lowest BCUT2D eigenvalue weighted by Gasteiger charge is -2.32. The predicted molar refractivity (Wildman–Crippen MR) is 144 cm³/mol. The Bertz CT molecular complexity index is 1150. The lowest BCUT2D eigenvalue weighted by Crippen LogP contribution is -2.48. The van der Waals surface area contributed by atoms with E-state index >= 15 is 0 Å². The molecule has 2 amide bonds. The number of likely N-dealkylation sites (tertiary alicyclic amines) is 1. The molecule has 2 aromatic rings. The summed E-state index contributed by atoms with van der Waals surface area (Å²) >= 11 is 0. The van der Waals surface area contributed by atoms with Crippen molar-refractivity contribution >= 4 is 23.9 Å². The third kappa shape index (κ3) is 8.56. The van der Waals surface area contributed by atoms with Crippen LogP contribution >= 0.6 is 0 Å². The number of hydrogen-bond donors (Lipinski definition) is 1. The average Bonchev–Trinajstić information content (AvgIpc) is 3.26. The van der Waals surface area contributed by atoms with Gasteiger partial charge in [-0.05, 0) is 59.1 Å². The van der Waals surface area contributed by atoms with E-state index in [0.717, 1.165) is 5.56 Å². The van der Waals surface area contributed by atoms with Crippen LogP contribution in [0.1, 0.15) is 65.1 Å². The molecule has 9 heteroatoms. The quantitative estimate of drug-likeness (QED) is 0.407. The van der Waals surface area contributed by atoms with Gasteiger partial charge in [0.05, 0.1) is 12.0 Å². The van der Waals surface area contributed by atoms with Gasteiger partial charge in [0.25, 0.3) is 0 Å². The molecule has 3 rings (SSSR count). The Morgan fingerprint density at radius 1 is 0.821 bits per heavy atom. The number of hydrogen-bond acceptors (Lipinski definition) is 7. The number of rotatable bonds is 7. The number of benzene rings is 2. The van der Waals surface area contributed by atoms with E-state index in [4.69, 9.17) is 14.2 Å². The minimum Gasteiger partial charge on any atom is -0.461 e. The van der Waals surface area contributed by atoms with Crippen LogP contribution in [0.5, 0.6) is 0 Å². The van der Waals surface area contributed by atoms with Crippen LogP contribution in [-0.2, 0) is 35.2 Å². The summed E-state index contributed by atoms with van der Waals surface area (Å²) in [7, 11) is 0. The van der Waals surface area contributed by atoms with E-state index < -0.39 is 59.7 Å². The lowest BCUT2D eigenvalue weighted by atomic mass is 9.93. The van der Waals surface area contributed by atoms with Crippen LogP contribution in [0, 0.1) is 5.92 Å². The predicted octanol–water partition coefficient (Wildman–Crippen LogP) is 4.55. The topological polar surface area (TPSA) is 111 Å². The summed E-state index contributed by atoms with van der Waals surface area (Å²) in [5.74, 6) is -2.55. The average molecular weight is 539 g/mol. The zero-order valence-electron chi connectivity index (χ0n) is 23.4. The molecule has 0 aliphatic carbocycles. The Morgan fingerprint density at radius 2 is 1.38 bits per heavy atom. The van der Waals surface area contributed by atoms with E-state index in [1.54, 1.807) is 65.8 Å². The van der Waals surface area contributed by atoms with Gasteiger partial charge in [0, 0.05) is 0 Å². The molecule has 0 bridgehead atoms. The summed E-state index contributed by atoms with van der Waals surface area (Å²) in [6, 6.07) is 16.4. The molecule has 3 unspecified atom stereocenters. The maximum atomic E-state index is 13.6. The molecule has 1 aliphatic rings. The summed E-state index contributed by atoms with van der Waals surface area (Å²) in [6.07, 6.45) is -0.751. The van der Waals surface area contributed by atoms with Gasteiger partial charge >= 0.3 is 18.0 Å². The van der Waals surface area contributed by atoms with E-state index in [1.165, 1.54) is 4.90 Å². The largest absolute Gasteiger partial charge is 0.461 e. The molecule has 210 valence electrons. The Labute approximate surface area is 229 Å². The number of ether oxygens (including phenoxy) is 3. The first-order valence-electron chi connectivity index (χ1n) is 13.0. The maximum Gasteiger partial charge on any atom is 0.408 e. The van der Waals surface area contributed by atoms with Crippen LogP contribution < -0.4 is 5.32 Å². The molecule has 0 radical (unpaired) electrons. The maximum absolute atomic E-state index is 13.6. The second-order valence-electron chi connectivity index (χ2n) is 11.5. The molecule has 39 heavy (non-hydrogen) atoms. The summed E-state index contributed by atoms with van der Waals surface area (Å²) in [5, 5.41) is 2.47. The first-order chi connectivity index (χ1) is 18.2. The number of nitrogens with one attached hydrogen (secondary N) is 1. The van der Waals surface area contributed by atoms with Gasteiger partial charge in [0.15, 0.2) is 0 Å². The highest BCUT2D eigenvalue weighted by Crippen LogP contribution is 2.42. The van der Waals surface area contributed by atoms with Gasteiger partial charge in [-0.3, -0.25) is 9.59 Å². The SMILES string of the molecule is CC(C)(C)OC(=O)NCC(=O)N1C(C(=O)OC(C)(C)C)CC(C(=O)OCc2ccccc2)C1c1ccccc1. The van der Waals surface area contributed by atoms with Crippen molar-refractivity contribution in [2.24, 2.45) is 5.92 Å². The molecular weight excluding hydrogens is 500 g/mol. The Morgan fingerprint density at radius 3 is 1.95 bits per heavy atom. The normalized spacial score (nSPS) is 19.2. The third-order valence-electron chi connectivity index (χ3n) is 5.91. The van der Waals surface area contributed by atoms with Crippen molar-refractivity contribution in [2.75, 3.05) is 6.54 Å². The van der Waals surface area contributed by atoms with Crippen LogP contribution in [-0.4, -0.2) is 52.6 Å². The van der Waals surface area contributed by atoms with Crippen molar-refractivity contribution in [3.63, 3.8) is 0 Å². The number of carbonyl (C=O) groups excluding carboxylic acids is 4. The molecule has 0 aromatic heterocycles. The lowest BCUT2D eigenvalue weighted by molar-refractivity contribution is -0.164. The minimum atomic E-state index is -1.06. The van der Waals surface area contributed by atoms with Crippen molar-refractivity contribution < 1.29 is 33.4 Å². The fourth-order valence-corrected chi connectivity index (χ4v) is 4.44. The monoisotopic (exact) mass is 538 g/mol. The van der Waals surface area contributed by atoms with Gasteiger partial charge in [-0.2, -0.15) is 0 Å². The summed E-state index contributed by atoms with van der Waals surface area (Å²) < 4.78 is 16.5. The number of alkyl carbamates (subject to hydrolysis) is 1. The van der Waals surface area contributed by atoms with E-state index in [1.807, 2.05) is 36.4 Å². The van der Waals surface area contributed by atoms with E-state index in [2.05, 4.69) is 5.32 Å². The fourth-order valence-electron chi connectivity index (χ4n) is 4.44. The molecule has 2 aromatic carbocycles. The number of carbonyl (C=O) groups is 4. The molecule has 0 spiro atoms. The van der Waals surface area contributed by atoms with Gasteiger partial charge in [-0.1, -0.05) is 60.7 Å². The highest BCUT2D eigenvalue weighted by Gasteiger charge is 2.52. The van der Waals surface area contributed by atoms with Crippen molar-refractivity contribution in [2.45, 2.75) is 77.9 Å². The Balaban J connectivity index is 1.92. The smallest absolute Gasteiger partial charge is 0.408 e. The first-order valence-corrected chi connectivity index (χ1v) is 13.0. The van der Waals surface area contributed by atoms with Gasteiger partial charge in [0.2, 0.25) is 5.91 Å². The van der Waals surface area contributed by atoms with Gasteiger partial charge in [0.1, 0.15) is 30.4 Å². The van der Waals surface area contributed by atoms with Crippen molar-refractivity contribution in [1.29, 1.82) is 0 Å². The van der Waals surface area contributed by atoms with Crippen LogP contribution in [0.2, 0.25) is 0 Å². The highest BCUT2D eigenvalue weighted by atomic mass is 16.6. The molecule has 3 atom stereocenters. The molecule has 1 fully saturated rings. The summed E-state index contributed by atoms with van der Waals surface area (Å²) in [4.78, 5) is 54.0. The second kappa shape index (κ2) is 12.3. The zero-order chi connectivity index (χ0) is 28.8. The van der Waals surface area contributed by atoms with Gasteiger partial charge < -0.3 is 24.4 Å². The molecule has 9 nitrogen and oxygen atoms in total. The van der Waals surface area contributed by atoms with Crippen molar-refractivity contribution in [3.05, 3.63) is 71.8 Å². The molecule has 1 heterocycles. The van der Waals surface area contributed by atoms with Gasteiger partial charge in [-0.15, -0.1) is 0 Å². The summed E-state index contributed by atoms with van der Waals surface area (Å²) in [6.45, 7) is 9.97. The van der Waals surface area contributed by atoms with E-state index in [-0.39, 0.29) is 13.0 Å². The van der Waals surface area contributed by atoms with E-state index in [9.17, 15) is 19.2 Å². The number of nitrogens with zero attached hydrogens (tertiary/aromatic N) is 1. The van der Waals surface area contributed by atoms with E-state index in [0.29, 0.717) is 5.56 Å². The van der Waals surface area contributed by atoms with Gasteiger partial charge in [-0.25, -0.2) is 9.59 Å². The molecular formula is C30H38N2O7. The first kappa shape index (κ1) is 29.7. The van der Waals surface area contributed by atoms with Crippen molar-refractivity contribution in [3.8, 4) is 0 Å². The second-order valence-corrected chi connectivity index (χ2v) is 11.5. The minimum absolute atomic E-state index is 0.0142. The molecule has 1 N–H and O–H groups in total. The zero-order valence-corrected chi connectivity index (χ0v) is 23.4. The molecule has 1 saturated heterocycles. The Kier molecular flexibility index (Phi) is 9.37. The van der Waals surface area contributed by atoms with Crippen LogP contribution in [0.3, 0.4) is 0 Å². The third-order valence-corrected chi connectivity index (χ3v) is 5.91. The van der Waals surface area contributed by atoms with Crippen LogP contribution in [0.4, 0.5) is 4.79 Å². The molecule has 1 aliphatic heterocycles. The molecule has 0 saturated carbocycles. The standard InChI is InChI=1S/C30H38N2O7/c1-29(2,3)38-27(35)23-17-22(26(34)37-19-20-13-9-7-10-14-20)25(21-15-11-8-12-16-21)32(23)24(33)18-31-28(36)39-30(4,5)6/h7-16,22-23,25H,17-19H2,1-6H3,(H,31,36). The number of amides is 2.